The average molecular weight is 351 g/mol. The summed E-state index contributed by atoms with van der Waals surface area (Å²) >= 11 is 0. The number of non-ortho nitro benzene ring substituents is 1. The first-order valence-corrected chi connectivity index (χ1v) is 8.83. The molecule has 0 radical (unpaired) electrons. The zero-order chi connectivity index (χ0) is 18.3. The van der Waals surface area contributed by atoms with E-state index in [2.05, 4.69) is 28.7 Å². The van der Waals surface area contributed by atoms with Gasteiger partial charge in [-0.3, -0.25) is 15.0 Å². The molecule has 0 unspecified atom stereocenters. The smallest absolute Gasteiger partial charge is 0.279 e. The van der Waals surface area contributed by atoms with Crippen molar-refractivity contribution in [3.8, 4) is 0 Å². The van der Waals surface area contributed by atoms with Gasteiger partial charge in [0, 0.05) is 44.0 Å². The summed E-state index contributed by atoms with van der Waals surface area (Å²) in [6, 6.07) is 5.15. The average Bonchev–Trinajstić information content (AvgIpc) is 3.04. The van der Waals surface area contributed by atoms with E-state index in [9.17, 15) is 10.1 Å². The number of nitrogens with zero attached hydrogens (tertiary/aromatic N) is 4. The fourth-order valence-corrected chi connectivity index (χ4v) is 3.54. The second-order valence-electron chi connectivity index (χ2n) is 7.09. The molecule has 0 bridgehead atoms. The van der Waals surface area contributed by atoms with Crippen LogP contribution in [0.2, 0.25) is 0 Å². The van der Waals surface area contributed by atoms with Gasteiger partial charge in [-0.2, -0.15) is 0 Å². The molecule has 0 spiro atoms. The van der Waals surface area contributed by atoms with E-state index >= 15 is 0 Å². The molecule has 134 valence electrons. The van der Waals surface area contributed by atoms with Gasteiger partial charge in [0.1, 0.15) is 5.82 Å². The number of nitro benzene ring substituents is 1. The van der Waals surface area contributed by atoms with Crippen LogP contribution >= 0.6 is 0 Å². The largest absolute Gasteiger partial charge is 0.361 e. The van der Waals surface area contributed by atoms with E-state index in [-0.39, 0.29) is 10.6 Å². The molecule has 0 amide bonds. The van der Waals surface area contributed by atoms with E-state index in [0.717, 1.165) is 42.1 Å². The van der Waals surface area contributed by atoms with Gasteiger partial charge in [-0.1, -0.05) is 19.9 Å². The lowest BCUT2D eigenvalue weighted by Gasteiger charge is -2.28. The fraction of sp³-hybridized carbons (Fsp3) is 0.368. The summed E-state index contributed by atoms with van der Waals surface area (Å²) in [4.78, 5) is 25.7. The van der Waals surface area contributed by atoms with Crippen LogP contribution < -0.4 is 0 Å². The summed E-state index contributed by atoms with van der Waals surface area (Å²) in [6.45, 7) is 6.47. The summed E-state index contributed by atoms with van der Waals surface area (Å²) in [6.07, 6.45) is 4.73. The van der Waals surface area contributed by atoms with E-state index in [0.29, 0.717) is 17.8 Å². The van der Waals surface area contributed by atoms with Crippen LogP contribution in [0.1, 0.15) is 42.4 Å². The number of rotatable bonds is 4. The van der Waals surface area contributed by atoms with Crippen LogP contribution in [-0.4, -0.2) is 31.3 Å². The minimum Gasteiger partial charge on any atom is -0.361 e. The predicted octanol–water partition coefficient (Wildman–Crippen LogP) is 3.55. The van der Waals surface area contributed by atoms with E-state index < -0.39 is 0 Å². The molecule has 4 rings (SSSR count). The van der Waals surface area contributed by atoms with Crippen molar-refractivity contribution in [1.82, 2.24) is 19.9 Å². The Hall–Kier alpha value is -2.80. The number of benzene rings is 1. The van der Waals surface area contributed by atoms with Crippen LogP contribution in [0.25, 0.3) is 10.9 Å². The molecule has 1 aliphatic heterocycles. The van der Waals surface area contributed by atoms with E-state index in [1.165, 1.54) is 5.56 Å². The molecule has 1 aliphatic rings. The number of aromatic amines is 1. The summed E-state index contributed by atoms with van der Waals surface area (Å²) in [5, 5.41) is 12.1. The lowest BCUT2D eigenvalue weighted by molar-refractivity contribution is -0.383. The Morgan fingerprint density at radius 1 is 1.38 bits per heavy atom. The number of nitrogens with one attached hydrogen (secondary N) is 1. The molecule has 0 fully saturated rings. The molecular weight excluding hydrogens is 330 g/mol. The summed E-state index contributed by atoms with van der Waals surface area (Å²) < 4.78 is 0. The predicted molar refractivity (Wildman–Crippen MR) is 98.9 cm³/mol. The topological polar surface area (TPSA) is 88.0 Å². The molecule has 26 heavy (non-hydrogen) atoms. The van der Waals surface area contributed by atoms with Crippen LogP contribution in [0.5, 0.6) is 0 Å². The van der Waals surface area contributed by atoms with Gasteiger partial charge in [0.25, 0.3) is 5.69 Å². The van der Waals surface area contributed by atoms with Gasteiger partial charge in [-0.05, 0) is 23.6 Å². The van der Waals surface area contributed by atoms with E-state index in [4.69, 9.17) is 4.98 Å². The normalized spacial score (nSPS) is 14.7. The van der Waals surface area contributed by atoms with Gasteiger partial charge in [0.15, 0.2) is 0 Å². The zero-order valence-electron chi connectivity index (χ0n) is 14.9. The third-order valence-electron chi connectivity index (χ3n) is 4.92. The highest BCUT2D eigenvalue weighted by atomic mass is 16.6. The molecule has 7 heteroatoms. The Morgan fingerprint density at radius 3 is 3.00 bits per heavy atom. The first-order chi connectivity index (χ1) is 12.5. The highest BCUT2D eigenvalue weighted by molar-refractivity contribution is 5.91. The number of fused-ring (bicyclic) bond motifs is 2. The summed E-state index contributed by atoms with van der Waals surface area (Å²) in [7, 11) is 0. The third kappa shape index (κ3) is 2.94. The van der Waals surface area contributed by atoms with Crippen molar-refractivity contribution in [2.75, 3.05) is 6.54 Å². The second-order valence-corrected chi connectivity index (χ2v) is 7.09. The number of H-pyrrole nitrogens is 1. The van der Waals surface area contributed by atoms with E-state index in [1.807, 2.05) is 18.5 Å². The molecule has 0 atom stereocenters. The van der Waals surface area contributed by atoms with Crippen LogP contribution in [0.4, 0.5) is 5.69 Å². The molecular formula is C19H21N5O2. The summed E-state index contributed by atoms with van der Waals surface area (Å²) in [5.41, 5.74) is 4.19. The Labute approximate surface area is 151 Å². The van der Waals surface area contributed by atoms with Crippen molar-refractivity contribution >= 4 is 16.6 Å². The molecule has 2 aromatic heterocycles. The molecule has 1 N–H and O–H groups in total. The van der Waals surface area contributed by atoms with Gasteiger partial charge >= 0.3 is 0 Å². The standard InChI is InChI=1S/C19H21N5O2/c1-12(2)19-21-8-13-6-7-23(11-16(13)22-19)10-14-9-20-15-4-3-5-17(18(14)15)24(25)26/h3-5,8-9,12,20H,6-7,10-11H2,1-2H3. The zero-order valence-corrected chi connectivity index (χ0v) is 14.9. The molecule has 3 aromatic rings. The molecule has 7 nitrogen and oxygen atoms in total. The van der Waals surface area contributed by atoms with Gasteiger partial charge in [0.2, 0.25) is 0 Å². The number of nitro groups is 1. The highest BCUT2D eigenvalue weighted by Crippen LogP contribution is 2.30. The maximum atomic E-state index is 11.4. The lowest BCUT2D eigenvalue weighted by atomic mass is 10.0. The number of aromatic nitrogens is 3. The summed E-state index contributed by atoms with van der Waals surface area (Å²) in [5.74, 6) is 1.17. The monoisotopic (exact) mass is 351 g/mol. The van der Waals surface area contributed by atoms with Crippen LogP contribution in [0.15, 0.2) is 30.6 Å². The van der Waals surface area contributed by atoms with Gasteiger partial charge in [-0.25, -0.2) is 9.97 Å². The van der Waals surface area contributed by atoms with Gasteiger partial charge in [0.05, 0.1) is 21.5 Å². The maximum absolute atomic E-state index is 11.4. The third-order valence-corrected chi connectivity index (χ3v) is 4.92. The van der Waals surface area contributed by atoms with Crippen LogP contribution in [0.3, 0.4) is 0 Å². The molecule has 0 saturated carbocycles. The maximum Gasteiger partial charge on any atom is 0.279 e. The minimum absolute atomic E-state index is 0.153. The van der Waals surface area contributed by atoms with E-state index in [1.54, 1.807) is 12.1 Å². The fourth-order valence-electron chi connectivity index (χ4n) is 3.54. The molecule has 3 heterocycles. The Bertz CT molecular complexity index is 979. The quantitative estimate of drug-likeness (QED) is 0.574. The van der Waals surface area contributed by atoms with Crippen molar-refractivity contribution in [2.24, 2.45) is 0 Å². The Morgan fingerprint density at radius 2 is 2.23 bits per heavy atom. The Kier molecular flexibility index (Phi) is 4.16. The Balaban J connectivity index is 1.62. The minimum atomic E-state index is -0.312. The number of hydrogen-bond acceptors (Lipinski definition) is 5. The second kappa shape index (κ2) is 6.49. The van der Waals surface area contributed by atoms with Crippen molar-refractivity contribution in [3.63, 3.8) is 0 Å². The molecule has 0 aliphatic carbocycles. The van der Waals surface area contributed by atoms with Crippen molar-refractivity contribution in [2.45, 2.75) is 39.3 Å². The van der Waals surface area contributed by atoms with Gasteiger partial charge < -0.3 is 4.98 Å². The lowest BCUT2D eigenvalue weighted by Crippen LogP contribution is -2.31. The molecule has 0 saturated heterocycles. The van der Waals surface area contributed by atoms with Crippen molar-refractivity contribution < 1.29 is 4.92 Å². The first kappa shape index (κ1) is 16.7. The SMILES string of the molecule is CC(C)c1ncc2c(n1)CN(Cc1c[nH]c3cccc([N+](=O)[O-])c13)CC2. The highest BCUT2D eigenvalue weighted by Gasteiger charge is 2.22. The first-order valence-electron chi connectivity index (χ1n) is 8.83. The van der Waals surface area contributed by atoms with Gasteiger partial charge in [-0.15, -0.1) is 0 Å². The van der Waals surface area contributed by atoms with Crippen LogP contribution in [0, 0.1) is 10.1 Å². The van der Waals surface area contributed by atoms with Crippen molar-refractivity contribution in [3.05, 3.63) is 63.4 Å². The van der Waals surface area contributed by atoms with Crippen LogP contribution in [-0.2, 0) is 19.5 Å². The number of hydrogen-bond donors (Lipinski definition) is 1. The molecule has 1 aromatic carbocycles. The van der Waals surface area contributed by atoms with Crippen molar-refractivity contribution in [1.29, 1.82) is 0 Å².